The first-order chi connectivity index (χ1) is 13.6. The van der Waals surface area contributed by atoms with Crippen molar-refractivity contribution < 1.29 is 19.0 Å². The van der Waals surface area contributed by atoms with Gasteiger partial charge in [-0.15, -0.1) is 0 Å². The third-order valence-corrected chi connectivity index (χ3v) is 4.49. The monoisotopic (exact) mass is 404 g/mol. The van der Waals surface area contributed by atoms with Crippen molar-refractivity contribution in [3.05, 3.63) is 53.6 Å². The van der Waals surface area contributed by atoms with Gasteiger partial charge >= 0.3 is 0 Å². The predicted octanol–water partition coefficient (Wildman–Crippen LogP) is 3.00. The molecule has 1 atom stereocenters. The number of fused-ring (bicyclic) bond motifs is 1. The molecule has 0 aliphatic carbocycles. The lowest BCUT2D eigenvalue weighted by atomic mass is 10.2. The van der Waals surface area contributed by atoms with Crippen molar-refractivity contribution in [2.24, 2.45) is 0 Å². The van der Waals surface area contributed by atoms with Crippen molar-refractivity contribution in [3.63, 3.8) is 0 Å². The second kappa shape index (κ2) is 10.2. The van der Waals surface area contributed by atoms with Crippen LogP contribution in [-0.4, -0.2) is 56.8 Å². The smallest absolute Gasteiger partial charge is 0.234 e. The number of ether oxygens (including phenoxy) is 3. The van der Waals surface area contributed by atoms with Gasteiger partial charge in [-0.1, -0.05) is 29.8 Å². The molecule has 0 bridgehead atoms. The maximum absolute atomic E-state index is 12.1. The van der Waals surface area contributed by atoms with Crippen molar-refractivity contribution in [1.82, 2.24) is 10.2 Å². The van der Waals surface area contributed by atoms with Gasteiger partial charge in [0.15, 0.2) is 11.5 Å². The topological polar surface area (TPSA) is 60.0 Å². The second-order valence-electron chi connectivity index (χ2n) is 6.70. The molecular formula is C21H25ClN2O4. The number of hydrogen-bond donors (Lipinski definition) is 1. The highest BCUT2D eigenvalue weighted by Crippen LogP contribution is 2.30. The molecule has 2 aromatic carbocycles. The average Bonchev–Trinajstić information content (AvgIpc) is 2.69. The number of halogens is 1. The Morgan fingerprint density at radius 1 is 1.25 bits per heavy atom. The minimum atomic E-state index is -0.185. The molecule has 1 aliphatic rings. The highest BCUT2D eigenvalue weighted by Gasteiger charge is 2.21. The maximum atomic E-state index is 12.1. The normalized spacial score (nSPS) is 15.3. The summed E-state index contributed by atoms with van der Waals surface area (Å²) in [6.07, 6.45) is 0.627. The Bertz CT molecular complexity index is 787. The van der Waals surface area contributed by atoms with Gasteiger partial charge in [-0.3, -0.25) is 9.69 Å². The Kier molecular flexibility index (Phi) is 7.39. The van der Waals surface area contributed by atoms with Crippen LogP contribution in [0.1, 0.15) is 6.42 Å². The van der Waals surface area contributed by atoms with Gasteiger partial charge in [0.1, 0.15) is 18.5 Å². The molecule has 0 radical (unpaired) electrons. The van der Waals surface area contributed by atoms with E-state index in [0.29, 0.717) is 37.1 Å². The van der Waals surface area contributed by atoms with Crippen molar-refractivity contribution in [3.8, 4) is 17.2 Å². The molecule has 0 saturated heterocycles. The molecule has 1 amide bonds. The summed E-state index contributed by atoms with van der Waals surface area (Å²) < 4.78 is 17.1. The SMILES string of the molecule is CN(CCCOc1cccc(Cl)c1)CC(=O)NCC1COc2ccccc2O1. The average molecular weight is 405 g/mol. The molecule has 6 nitrogen and oxygen atoms in total. The van der Waals surface area contributed by atoms with E-state index in [4.69, 9.17) is 25.8 Å². The van der Waals surface area contributed by atoms with E-state index >= 15 is 0 Å². The van der Waals surface area contributed by atoms with Gasteiger partial charge in [-0.25, -0.2) is 0 Å². The van der Waals surface area contributed by atoms with Crippen LogP contribution in [0.2, 0.25) is 5.02 Å². The van der Waals surface area contributed by atoms with Gasteiger partial charge in [-0.05, 0) is 43.8 Å². The molecule has 0 saturated carbocycles. The number of carbonyl (C=O) groups is 1. The summed E-state index contributed by atoms with van der Waals surface area (Å²) in [5, 5.41) is 3.56. The molecule has 7 heteroatoms. The van der Waals surface area contributed by atoms with E-state index < -0.39 is 0 Å². The number of nitrogens with one attached hydrogen (secondary N) is 1. The molecule has 1 unspecified atom stereocenters. The minimum Gasteiger partial charge on any atom is -0.493 e. The zero-order chi connectivity index (χ0) is 19.8. The number of amides is 1. The van der Waals surface area contributed by atoms with E-state index in [0.717, 1.165) is 24.5 Å². The fourth-order valence-corrected chi connectivity index (χ4v) is 3.03. The third kappa shape index (κ3) is 6.32. The highest BCUT2D eigenvalue weighted by molar-refractivity contribution is 6.30. The quantitative estimate of drug-likeness (QED) is 0.651. The standard InChI is InChI=1S/C21H25ClN2O4/c1-24(10-5-11-26-17-7-4-6-16(22)12-17)14-21(25)23-13-18-15-27-19-8-2-3-9-20(19)28-18/h2-4,6-9,12,18H,5,10-11,13-15H2,1H3,(H,23,25). The van der Waals surface area contributed by atoms with Crippen LogP contribution in [0.4, 0.5) is 0 Å². The number of hydrogen-bond acceptors (Lipinski definition) is 5. The van der Waals surface area contributed by atoms with Gasteiger partial charge < -0.3 is 19.5 Å². The van der Waals surface area contributed by atoms with Crippen LogP contribution in [0.15, 0.2) is 48.5 Å². The first-order valence-electron chi connectivity index (χ1n) is 9.32. The minimum absolute atomic E-state index is 0.0410. The summed E-state index contributed by atoms with van der Waals surface area (Å²) in [7, 11) is 1.91. The Morgan fingerprint density at radius 2 is 2.07 bits per heavy atom. The van der Waals surface area contributed by atoms with Crippen LogP contribution in [-0.2, 0) is 4.79 Å². The Hall–Kier alpha value is -2.44. The highest BCUT2D eigenvalue weighted by atomic mass is 35.5. The lowest BCUT2D eigenvalue weighted by Gasteiger charge is -2.26. The zero-order valence-corrected chi connectivity index (χ0v) is 16.7. The van der Waals surface area contributed by atoms with E-state index in [-0.39, 0.29) is 12.0 Å². The van der Waals surface area contributed by atoms with Crippen LogP contribution in [0, 0.1) is 0 Å². The number of rotatable bonds is 9. The van der Waals surface area contributed by atoms with E-state index in [9.17, 15) is 4.79 Å². The van der Waals surface area contributed by atoms with E-state index in [2.05, 4.69) is 5.32 Å². The summed E-state index contributed by atoms with van der Waals surface area (Å²) in [4.78, 5) is 14.1. The second-order valence-corrected chi connectivity index (χ2v) is 7.14. The van der Waals surface area contributed by atoms with Gasteiger partial charge in [-0.2, -0.15) is 0 Å². The molecule has 0 aromatic heterocycles. The lowest BCUT2D eigenvalue weighted by molar-refractivity contribution is -0.122. The van der Waals surface area contributed by atoms with Crippen molar-refractivity contribution in [2.75, 3.05) is 39.9 Å². The number of carbonyl (C=O) groups excluding carboxylic acids is 1. The number of benzene rings is 2. The maximum Gasteiger partial charge on any atom is 0.234 e. The van der Waals surface area contributed by atoms with Crippen LogP contribution >= 0.6 is 11.6 Å². The first kappa shape index (κ1) is 20.3. The van der Waals surface area contributed by atoms with E-state index in [1.54, 1.807) is 6.07 Å². The molecule has 1 heterocycles. The van der Waals surface area contributed by atoms with Crippen LogP contribution in [0.5, 0.6) is 17.2 Å². The fourth-order valence-electron chi connectivity index (χ4n) is 2.85. The zero-order valence-electron chi connectivity index (χ0n) is 15.9. The molecule has 1 N–H and O–H groups in total. The van der Waals surface area contributed by atoms with Crippen molar-refractivity contribution in [2.45, 2.75) is 12.5 Å². The molecule has 3 rings (SSSR count). The van der Waals surface area contributed by atoms with Gasteiger partial charge in [0.05, 0.1) is 19.7 Å². The van der Waals surface area contributed by atoms with Crippen LogP contribution < -0.4 is 19.5 Å². The van der Waals surface area contributed by atoms with E-state index in [1.807, 2.05) is 54.4 Å². The number of nitrogens with zero attached hydrogens (tertiary/aromatic N) is 1. The fraction of sp³-hybridized carbons (Fsp3) is 0.381. The van der Waals surface area contributed by atoms with Crippen LogP contribution in [0.3, 0.4) is 0 Å². The van der Waals surface area contributed by atoms with Crippen LogP contribution in [0.25, 0.3) is 0 Å². The summed E-state index contributed by atoms with van der Waals surface area (Å²) in [6.45, 7) is 2.48. The summed E-state index contributed by atoms with van der Waals surface area (Å²) >= 11 is 5.93. The Balaban J connectivity index is 1.29. The molecule has 28 heavy (non-hydrogen) atoms. The summed E-state index contributed by atoms with van der Waals surface area (Å²) in [5.41, 5.74) is 0. The molecule has 0 fully saturated rings. The lowest BCUT2D eigenvalue weighted by Crippen LogP contribution is -2.43. The summed E-state index contributed by atoms with van der Waals surface area (Å²) in [6, 6.07) is 14.9. The van der Waals surface area contributed by atoms with Crippen molar-refractivity contribution >= 4 is 17.5 Å². The molecule has 1 aliphatic heterocycles. The van der Waals surface area contributed by atoms with Gasteiger partial charge in [0.2, 0.25) is 5.91 Å². The Morgan fingerprint density at radius 3 is 2.89 bits per heavy atom. The van der Waals surface area contributed by atoms with Crippen molar-refractivity contribution in [1.29, 1.82) is 0 Å². The van der Waals surface area contributed by atoms with E-state index in [1.165, 1.54) is 0 Å². The third-order valence-electron chi connectivity index (χ3n) is 4.26. The number of para-hydroxylation sites is 2. The first-order valence-corrected chi connectivity index (χ1v) is 9.70. The summed E-state index contributed by atoms with van der Waals surface area (Å²) in [5.74, 6) is 2.17. The predicted molar refractivity (Wildman–Crippen MR) is 108 cm³/mol. The van der Waals surface area contributed by atoms with Gasteiger partial charge in [0, 0.05) is 11.6 Å². The molecule has 150 valence electrons. The Labute approximate surface area is 170 Å². The molecule has 2 aromatic rings. The molecular weight excluding hydrogens is 380 g/mol. The largest absolute Gasteiger partial charge is 0.493 e. The van der Waals surface area contributed by atoms with Gasteiger partial charge in [0.25, 0.3) is 0 Å². The molecule has 0 spiro atoms. The number of likely N-dealkylation sites (N-methyl/N-ethyl adjacent to an activating group) is 1.